The van der Waals surface area contributed by atoms with Crippen LogP contribution in [0.1, 0.15) is 12.8 Å². The van der Waals surface area contributed by atoms with Gasteiger partial charge in [-0.15, -0.1) is 0 Å². The van der Waals surface area contributed by atoms with E-state index in [2.05, 4.69) is 4.74 Å². The summed E-state index contributed by atoms with van der Waals surface area (Å²) < 4.78 is 134. The molecule has 0 aromatic rings. The van der Waals surface area contributed by atoms with Crippen LogP contribution >= 0.6 is 0 Å². The lowest BCUT2D eigenvalue weighted by Gasteiger charge is -2.56. The molecule has 6 aliphatic carbocycles. The van der Waals surface area contributed by atoms with Crippen LogP contribution in [0.3, 0.4) is 0 Å². The normalized spacial score (nSPS) is 48.1. The first kappa shape index (κ1) is 16.5. The Morgan fingerprint density at radius 1 is 0.792 bits per heavy atom. The van der Waals surface area contributed by atoms with Crippen molar-refractivity contribution in [1.82, 2.24) is 0 Å². The van der Waals surface area contributed by atoms with Crippen molar-refractivity contribution in [3.05, 3.63) is 12.2 Å². The molecule has 0 heterocycles. The summed E-state index contributed by atoms with van der Waals surface area (Å²) in [6.07, 6.45) is -10.5. The number of alkyl halides is 10. The van der Waals surface area contributed by atoms with Crippen molar-refractivity contribution in [3.8, 4) is 0 Å². The van der Waals surface area contributed by atoms with Gasteiger partial charge in [-0.1, -0.05) is 12.2 Å². The molecule has 6 aliphatic rings. The van der Waals surface area contributed by atoms with Crippen molar-refractivity contribution in [3.63, 3.8) is 0 Å². The van der Waals surface area contributed by atoms with Crippen molar-refractivity contribution >= 4 is 0 Å². The second-order valence-electron chi connectivity index (χ2n) is 7.07. The molecular formula is C13H8F10O. The fourth-order valence-corrected chi connectivity index (χ4v) is 5.08. The Hall–Kier alpha value is -1.00. The van der Waals surface area contributed by atoms with Crippen molar-refractivity contribution < 1.29 is 48.6 Å². The molecule has 0 spiro atoms. The van der Waals surface area contributed by atoms with E-state index in [1.54, 1.807) is 0 Å². The minimum atomic E-state index is -6.81. The number of halogens is 10. The molecule has 4 saturated carbocycles. The third-order valence-corrected chi connectivity index (χ3v) is 5.88. The maximum absolute atomic E-state index is 14.6. The molecule has 0 radical (unpaired) electrons. The van der Waals surface area contributed by atoms with Gasteiger partial charge in [-0.3, -0.25) is 4.74 Å². The lowest BCUT2D eigenvalue weighted by Crippen LogP contribution is -2.74. The second kappa shape index (κ2) is 3.59. The summed E-state index contributed by atoms with van der Waals surface area (Å²) in [5.41, 5.74) is -2.36. The molecule has 0 amide bonds. The van der Waals surface area contributed by atoms with Gasteiger partial charge in [-0.25, -0.2) is 4.39 Å². The van der Waals surface area contributed by atoms with Crippen LogP contribution in [0, 0.1) is 22.7 Å². The number of allylic oxidation sites excluding steroid dienone is 2. The first-order chi connectivity index (χ1) is 10.6. The number of ether oxygens (including phenoxy) is 1. The third-order valence-electron chi connectivity index (χ3n) is 5.88. The van der Waals surface area contributed by atoms with Crippen LogP contribution in [-0.2, 0) is 4.74 Å². The largest absolute Gasteiger partial charge is 0.462 e. The highest BCUT2D eigenvalue weighted by Crippen LogP contribution is 2.89. The highest BCUT2D eigenvalue weighted by molar-refractivity contribution is 5.45. The SMILES string of the molecule is FC(F)(F)C(F)(F)C(F)(F)OC1(F)C2C(C34C=CC2(C3)C4)C1(F)F. The number of rotatable bonds is 3. The van der Waals surface area contributed by atoms with Gasteiger partial charge in [-0.05, 0) is 23.7 Å². The fraction of sp³-hybridized carbons (Fsp3) is 0.846. The summed E-state index contributed by atoms with van der Waals surface area (Å²) in [6.45, 7) is 0. The highest BCUT2D eigenvalue weighted by Gasteiger charge is 2.96. The summed E-state index contributed by atoms with van der Waals surface area (Å²) in [5.74, 6) is -19.6. The van der Waals surface area contributed by atoms with Crippen LogP contribution in [0.5, 0.6) is 0 Å². The second-order valence-corrected chi connectivity index (χ2v) is 7.07. The molecule has 0 N–H and O–H groups in total. The molecular weight excluding hydrogens is 362 g/mol. The summed E-state index contributed by atoms with van der Waals surface area (Å²) in [4.78, 5) is 0. The predicted octanol–water partition coefficient (Wildman–Crippen LogP) is 4.69. The van der Waals surface area contributed by atoms with E-state index in [0.717, 1.165) is 0 Å². The zero-order valence-electron chi connectivity index (χ0n) is 11.4. The molecule has 3 unspecified atom stereocenters. The third kappa shape index (κ3) is 1.35. The Balaban J connectivity index is 1.69. The van der Waals surface area contributed by atoms with Crippen molar-refractivity contribution in [2.75, 3.05) is 0 Å². The molecule has 4 fully saturated rings. The van der Waals surface area contributed by atoms with Crippen LogP contribution in [0.2, 0.25) is 0 Å². The monoisotopic (exact) mass is 370 g/mol. The molecule has 0 aliphatic heterocycles. The molecule has 2 bridgehead atoms. The average Bonchev–Trinajstić information content (AvgIpc) is 3.03. The van der Waals surface area contributed by atoms with Crippen LogP contribution in [0.4, 0.5) is 43.9 Å². The van der Waals surface area contributed by atoms with Crippen LogP contribution in [0.15, 0.2) is 12.2 Å². The zero-order valence-corrected chi connectivity index (χ0v) is 11.4. The highest BCUT2D eigenvalue weighted by atomic mass is 19.4. The maximum Gasteiger partial charge on any atom is 0.462 e. The van der Waals surface area contributed by atoms with Crippen molar-refractivity contribution in [1.29, 1.82) is 0 Å². The Morgan fingerprint density at radius 3 is 1.71 bits per heavy atom. The molecule has 0 aromatic carbocycles. The van der Waals surface area contributed by atoms with E-state index < -0.39 is 52.7 Å². The van der Waals surface area contributed by atoms with E-state index in [0.29, 0.717) is 0 Å². The van der Waals surface area contributed by atoms with Gasteiger partial charge in [0.15, 0.2) is 0 Å². The van der Waals surface area contributed by atoms with Gasteiger partial charge in [0.25, 0.3) is 5.85 Å². The predicted molar refractivity (Wildman–Crippen MR) is 56.0 cm³/mol. The minimum absolute atomic E-state index is 0.0290. The summed E-state index contributed by atoms with van der Waals surface area (Å²) in [7, 11) is 0. The molecule has 24 heavy (non-hydrogen) atoms. The summed E-state index contributed by atoms with van der Waals surface area (Å²) in [5, 5.41) is 0. The number of hydrogen-bond acceptors (Lipinski definition) is 1. The van der Waals surface area contributed by atoms with Gasteiger partial charge in [0.1, 0.15) is 0 Å². The lowest BCUT2D eigenvalue weighted by molar-refractivity contribution is -0.511. The van der Waals surface area contributed by atoms with E-state index in [-0.39, 0.29) is 12.8 Å². The molecule has 0 saturated heterocycles. The summed E-state index contributed by atoms with van der Waals surface area (Å²) in [6, 6.07) is 0. The molecule has 1 nitrogen and oxygen atoms in total. The first-order valence-electron chi connectivity index (χ1n) is 6.86. The maximum atomic E-state index is 14.6. The minimum Gasteiger partial charge on any atom is -0.271 e. The van der Waals surface area contributed by atoms with Gasteiger partial charge in [0.2, 0.25) is 0 Å². The van der Waals surface area contributed by atoms with Crippen molar-refractivity contribution in [2.45, 2.75) is 42.8 Å². The van der Waals surface area contributed by atoms with E-state index in [4.69, 9.17) is 0 Å². The van der Waals surface area contributed by atoms with Gasteiger partial charge >= 0.3 is 24.1 Å². The first-order valence-corrected chi connectivity index (χ1v) is 6.86. The van der Waals surface area contributed by atoms with Gasteiger partial charge in [-0.2, -0.15) is 39.5 Å². The molecule has 11 heteroatoms. The van der Waals surface area contributed by atoms with Gasteiger partial charge < -0.3 is 0 Å². The Labute approximate surface area is 127 Å². The van der Waals surface area contributed by atoms with E-state index >= 15 is 0 Å². The molecule has 0 aromatic heterocycles. The van der Waals surface area contributed by atoms with Crippen LogP contribution in [0.25, 0.3) is 0 Å². The quantitative estimate of drug-likeness (QED) is 0.517. The number of hydrogen-bond donors (Lipinski definition) is 0. The van der Waals surface area contributed by atoms with E-state index in [1.807, 2.05) is 0 Å². The van der Waals surface area contributed by atoms with Gasteiger partial charge in [0.05, 0.1) is 0 Å². The summed E-state index contributed by atoms with van der Waals surface area (Å²) >= 11 is 0. The fourth-order valence-electron chi connectivity index (χ4n) is 5.08. The van der Waals surface area contributed by atoms with Crippen LogP contribution < -0.4 is 0 Å². The Kier molecular flexibility index (Phi) is 2.46. The van der Waals surface area contributed by atoms with E-state index in [9.17, 15) is 43.9 Å². The van der Waals surface area contributed by atoms with Gasteiger partial charge in [0, 0.05) is 11.8 Å². The lowest BCUT2D eigenvalue weighted by atomic mass is 9.60. The smallest absolute Gasteiger partial charge is 0.271 e. The Morgan fingerprint density at radius 2 is 1.25 bits per heavy atom. The zero-order chi connectivity index (χ0) is 18.2. The topological polar surface area (TPSA) is 9.23 Å². The van der Waals surface area contributed by atoms with Crippen molar-refractivity contribution in [2.24, 2.45) is 22.7 Å². The standard InChI is InChI=1S/C13H8F10O/c14-9(15)5-6(8-2-1-7(5,3-8)4-8)10(9,16)24-13(22,23)11(17,18)12(19,20)21/h1-2,5-6H,3-4H2. The molecule has 3 atom stereocenters. The Bertz CT molecular complexity index is 644. The van der Waals surface area contributed by atoms with Crippen LogP contribution in [-0.4, -0.2) is 30.0 Å². The average molecular weight is 370 g/mol. The van der Waals surface area contributed by atoms with E-state index in [1.165, 1.54) is 12.2 Å². The molecule has 136 valence electrons. The molecule has 6 rings (SSSR count).